The van der Waals surface area contributed by atoms with E-state index < -0.39 is 0 Å². The van der Waals surface area contributed by atoms with Crippen LogP contribution in [0.4, 0.5) is 22.2 Å². The number of hydrogen-bond acceptors (Lipinski definition) is 4. The SMILES string of the molecule is C=CC[n+]1c(-c2ccc(C)cc2)csc1Nc1ccc(N=Nc2ccccc2)cc1. The fraction of sp³-hybridized carbons (Fsp3) is 0.0800. The van der Waals surface area contributed by atoms with Gasteiger partial charge in [-0.05, 0) is 43.3 Å². The Labute approximate surface area is 180 Å². The maximum atomic E-state index is 4.30. The molecule has 1 heterocycles. The molecule has 0 spiro atoms. The molecule has 5 heteroatoms. The summed E-state index contributed by atoms with van der Waals surface area (Å²) in [5.41, 5.74) is 6.29. The molecule has 0 bridgehead atoms. The van der Waals surface area contributed by atoms with Crippen LogP contribution in [0.3, 0.4) is 0 Å². The highest BCUT2D eigenvalue weighted by Gasteiger charge is 2.18. The number of aromatic nitrogens is 1. The number of anilines is 2. The topological polar surface area (TPSA) is 40.6 Å². The van der Waals surface area contributed by atoms with Gasteiger partial charge in [0.05, 0.1) is 11.4 Å². The molecule has 4 nitrogen and oxygen atoms in total. The van der Waals surface area contributed by atoms with Crippen LogP contribution in [0.1, 0.15) is 5.56 Å². The lowest BCUT2D eigenvalue weighted by atomic mass is 10.1. The Kier molecular flexibility index (Phi) is 6.11. The molecule has 0 aliphatic heterocycles. The number of benzene rings is 3. The molecule has 0 amide bonds. The molecule has 1 aromatic heterocycles. The van der Waals surface area contributed by atoms with Crippen molar-refractivity contribution in [3.05, 3.63) is 102 Å². The van der Waals surface area contributed by atoms with Gasteiger partial charge >= 0.3 is 5.13 Å². The average Bonchev–Trinajstić information content (AvgIpc) is 3.17. The largest absolute Gasteiger partial charge is 0.339 e. The van der Waals surface area contributed by atoms with Gasteiger partial charge in [0.1, 0.15) is 17.9 Å². The second-order valence-electron chi connectivity index (χ2n) is 6.90. The fourth-order valence-electron chi connectivity index (χ4n) is 3.05. The predicted molar refractivity (Wildman–Crippen MR) is 125 cm³/mol. The minimum Gasteiger partial charge on any atom is -0.231 e. The Bertz CT molecular complexity index is 1140. The summed E-state index contributed by atoms with van der Waals surface area (Å²) in [5, 5.41) is 15.3. The van der Waals surface area contributed by atoms with Crippen LogP contribution < -0.4 is 9.88 Å². The fourth-order valence-corrected chi connectivity index (χ4v) is 4.01. The van der Waals surface area contributed by atoms with Crippen molar-refractivity contribution in [2.45, 2.75) is 13.5 Å². The van der Waals surface area contributed by atoms with Crippen LogP contribution in [0.5, 0.6) is 0 Å². The lowest BCUT2D eigenvalue weighted by molar-refractivity contribution is -0.657. The first kappa shape index (κ1) is 19.7. The molecular formula is C25H23N4S+. The Morgan fingerprint density at radius 2 is 1.57 bits per heavy atom. The first-order valence-corrected chi connectivity index (χ1v) is 10.6. The maximum absolute atomic E-state index is 4.30. The number of nitrogens with zero attached hydrogens (tertiary/aromatic N) is 3. The third kappa shape index (κ3) is 4.70. The van der Waals surface area contributed by atoms with E-state index in [9.17, 15) is 0 Å². The van der Waals surface area contributed by atoms with E-state index in [2.05, 4.69) is 63.3 Å². The van der Waals surface area contributed by atoms with Gasteiger partial charge < -0.3 is 0 Å². The van der Waals surface area contributed by atoms with Crippen LogP contribution in [0.2, 0.25) is 0 Å². The number of aryl methyl sites for hydroxylation is 1. The van der Waals surface area contributed by atoms with Gasteiger partial charge in [-0.15, -0.1) is 0 Å². The maximum Gasteiger partial charge on any atom is 0.339 e. The number of azo groups is 1. The molecule has 0 unspecified atom stereocenters. The van der Waals surface area contributed by atoms with Gasteiger partial charge in [-0.3, -0.25) is 0 Å². The average molecular weight is 412 g/mol. The van der Waals surface area contributed by atoms with Gasteiger partial charge in [-0.1, -0.05) is 72.0 Å². The predicted octanol–water partition coefficient (Wildman–Crippen LogP) is 7.36. The number of thiazole rings is 1. The standard InChI is InChI=1S/C25H22N4S/c1-3-17-29-24(20-11-9-19(2)10-12-20)18-30-25(29)26-21-13-15-23(16-14-21)28-27-22-7-5-4-6-8-22/h3-16,18H,1,17H2,2H3/p+1. The summed E-state index contributed by atoms with van der Waals surface area (Å²) in [6, 6.07) is 26.3. The molecule has 3 aromatic carbocycles. The number of rotatable bonds is 7. The van der Waals surface area contributed by atoms with E-state index in [-0.39, 0.29) is 0 Å². The van der Waals surface area contributed by atoms with E-state index in [0.717, 1.165) is 28.7 Å². The summed E-state index contributed by atoms with van der Waals surface area (Å²) in [6.45, 7) is 6.76. The number of hydrogen-bond donors (Lipinski definition) is 1. The number of nitrogens with one attached hydrogen (secondary N) is 1. The zero-order chi connectivity index (χ0) is 20.8. The van der Waals surface area contributed by atoms with Crippen molar-refractivity contribution in [1.82, 2.24) is 0 Å². The molecule has 0 atom stereocenters. The molecule has 0 aliphatic carbocycles. The minimum absolute atomic E-state index is 0.735. The van der Waals surface area contributed by atoms with Crippen molar-refractivity contribution >= 4 is 33.5 Å². The van der Waals surface area contributed by atoms with E-state index in [1.165, 1.54) is 16.8 Å². The molecule has 0 saturated carbocycles. The Hall–Kier alpha value is -3.57. The van der Waals surface area contributed by atoms with Crippen molar-refractivity contribution < 1.29 is 4.57 Å². The molecule has 0 aliphatic rings. The van der Waals surface area contributed by atoms with Crippen LogP contribution in [0, 0.1) is 6.92 Å². The molecule has 4 rings (SSSR count). The molecule has 0 fully saturated rings. The van der Waals surface area contributed by atoms with Crippen LogP contribution in [-0.2, 0) is 6.54 Å². The number of allylic oxidation sites excluding steroid dienone is 1. The van der Waals surface area contributed by atoms with Crippen molar-refractivity contribution in [2.75, 3.05) is 5.32 Å². The molecule has 1 N–H and O–H groups in total. The van der Waals surface area contributed by atoms with Crippen molar-refractivity contribution in [2.24, 2.45) is 10.2 Å². The summed E-state index contributed by atoms with van der Waals surface area (Å²) in [4.78, 5) is 0. The van der Waals surface area contributed by atoms with Crippen LogP contribution >= 0.6 is 11.3 Å². The zero-order valence-corrected chi connectivity index (χ0v) is 17.6. The molecule has 4 aromatic rings. The van der Waals surface area contributed by atoms with Gasteiger partial charge in [-0.2, -0.15) is 10.2 Å². The van der Waals surface area contributed by atoms with Crippen molar-refractivity contribution in [1.29, 1.82) is 0 Å². The highest BCUT2D eigenvalue weighted by atomic mass is 32.1. The zero-order valence-electron chi connectivity index (χ0n) is 16.8. The Morgan fingerprint density at radius 3 is 2.23 bits per heavy atom. The lowest BCUT2D eigenvalue weighted by Gasteiger charge is -2.05. The summed E-state index contributed by atoms with van der Waals surface area (Å²) in [7, 11) is 0. The summed E-state index contributed by atoms with van der Waals surface area (Å²) in [6.07, 6.45) is 1.92. The highest BCUT2D eigenvalue weighted by Crippen LogP contribution is 2.27. The van der Waals surface area contributed by atoms with Gasteiger partial charge in [0.15, 0.2) is 0 Å². The highest BCUT2D eigenvalue weighted by molar-refractivity contribution is 7.13. The molecule has 30 heavy (non-hydrogen) atoms. The van der Waals surface area contributed by atoms with E-state index in [4.69, 9.17) is 0 Å². The van der Waals surface area contributed by atoms with E-state index in [0.29, 0.717) is 0 Å². The van der Waals surface area contributed by atoms with Gasteiger partial charge in [0.25, 0.3) is 0 Å². The lowest BCUT2D eigenvalue weighted by Crippen LogP contribution is -2.35. The monoisotopic (exact) mass is 411 g/mol. The molecule has 148 valence electrons. The molecule has 0 saturated heterocycles. The second-order valence-corrected chi connectivity index (χ2v) is 7.76. The van der Waals surface area contributed by atoms with Gasteiger partial charge in [0, 0.05) is 10.9 Å². The molecular weight excluding hydrogens is 388 g/mol. The normalized spacial score (nSPS) is 11.0. The van der Waals surface area contributed by atoms with E-state index in [1.54, 1.807) is 11.3 Å². The van der Waals surface area contributed by atoms with Crippen LogP contribution in [0.25, 0.3) is 11.3 Å². The second kappa shape index (κ2) is 9.29. The summed E-state index contributed by atoms with van der Waals surface area (Å²) < 4.78 is 2.24. The van der Waals surface area contributed by atoms with Gasteiger partial charge in [-0.25, -0.2) is 9.88 Å². The van der Waals surface area contributed by atoms with Crippen LogP contribution in [-0.4, -0.2) is 0 Å². The first-order chi connectivity index (χ1) is 14.7. The smallest absolute Gasteiger partial charge is 0.231 e. The summed E-state index contributed by atoms with van der Waals surface area (Å²) in [5.74, 6) is 0. The van der Waals surface area contributed by atoms with Crippen LogP contribution in [0.15, 0.2) is 107 Å². The molecule has 0 radical (unpaired) electrons. The first-order valence-electron chi connectivity index (χ1n) is 9.76. The Balaban J connectivity index is 1.53. The van der Waals surface area contributed by atoms with E-state index >= 15 is 0 Å². The van der Waals surface area contributed by atoms with Crippen molar-refractivity contribution in [3.8, 4) is 11.3 Å². The van der Waals surface area contributed by atoms with Gasteiger partial charge in [0.2, 0.25) is 0 Å². The van der Waals surface area contributed by atoms with Crippen molar-refractivity contribution in [3.63, 3.8) is 0 Å². The quantitative estimate of drug-likeness (QED) is 0.193. The third-order valence-electron chi connectivity index (χ3n) is 4.63. The summed E-state index contributed by atoms with van der Waals surface area (Å²) >= 11 is 1.68. The Morgan fingerprint density at radius 1 is 0.900 bits per heavy atom. The minimum atomic E-state index is 0.735. The van der Waals surface area contributed by atoms with E-state index in [1.807, 2.05) is 60.7 Å². The third-order valence-corrected chi connectivity index (χ3v) is 5.52.